The Bertz CT molecular complexity index is 1660. The number of aromatic nitrogens is 4. The summed E-state index contributed by atoms with van der Waals surface area (Å²) in [5.74, 6) is 1.93. The molecule has 12 heteroatoms. The van der Waals surface area contributed by atoms with Gasteiger partial charge >= 0.3 is 0 Å². The van der Waals surface area contributed by atoms with E-state index >= 15 is 0 Å². The summed E-state index contributed by atoms with van der Waals surface area (Å²) >= 11 is 5.97. The second kappa shape index (κ2) is 12.5. The normalized spacial score (nSPS) is 19.7. The van der Waals surface area contributed by atoms with E-state index in [9.17, 15) is 0 Å². The summed E-state index contributed by atoms with van der Waals surface area (Å²) in [5, 5.41) is 3.64. The van der Waals surface area contributed by atoms with Gasteiger partial charge in [0.15, 0.2) is 11.3 Å². The molecule has 232 valence electrons. The van der Waals surface area contributed by atoms with Gasteiger partial charge in [0.1, 0.15) is 0 Å². The molecule has 0 N–H and O–H groups in total. The van der Waals surface area contributed by atoms with Gasteiger partial charge in [-0.2, -0.15) is 0 Å². The summed E-state index contributed by atoms with van der Waals surface area (Å²) in [6.45, 7) is 8.88. The van der Waals surface area contributed by atoms with Crippen molar-refractivity contribution in [1.82, 2.24) is 28.6 Å². The molecule has 6 heterocycles. The molecule has 0 bridgehead atoms. The van der Waals surface area contributed by atoms with Crippen molar-refractivity contribution in [2.75, 3.05) is 76.3 Å². The van der Waals surface area contributed by atoms with Crippen LogP contribution in [0.3, 0.4) is 0 Å². The van der Waals surface area contributed by atoms with Crippen LogP contribution in [-0.4, -0.2) is 95.0 Å². The van der Waals surface area contributed by atoms with Gasteiger partial charge in [-0.25, -0.2) is 9.97 Å². The molecule has 4 aromatic heterocycles. The fraction of sp³-hybridized carbons (Fsp3) is 0.562. The first kappa shape index (κ1) is 29.2. The SMILES string of the molecule is CN1CCN(c2cc(C3CC3)cn3cc(CCl)nc23)CC1.CN1CCN(c2cc(C3CC3)cn3cc(CN=[N+]=[N-])nc23)CC1. The minimum atomic E-state index is 0.305. The predicted octanol–water partition coefficient (Wildman–Crippen LogP) is 5.48. The van der Waals surface area contributed by atoms with Gasteiger partial charge in [-0.3, -0.25) is 0 Å². The van der Waals surface area contributed by atoms with Crippen LogP contribution >= 0.6 is 11.6 Å². The van der Waals surface area contributed by atoms with E-state index in [4.69, 9.17) is 27.1 Å². The summed E-state index contributed by atoms with van der Waals surface area (Å²) in [5.41, 5.74) is 17.7. The largest absolute Gasteiger partial charge is 0.366 e. The van der Waals surface area contributed by atoms with Crippen LogP contribution < -0.4 is 9.80 Å². The van der Waals surface area contributed by atoms with E-state index in [0.717, 1.165) is 81.0 Å². The second-order valence-corrected chi connectivity index (χ2v) is 13.2. The lowest BCUT2D eigenvalue weighted by molar-refractivity contribution is 0.313. The molecular weight excluding hydrogens is 574 g/mol. The Labute approximate surface area is 263 Å². The Kier molecular flexibility index (Phi) is 8.29. The molecule has 11 nitrogen and oxygen atoms in total. The van der Waals surface area contributed by atoms with Crippen LogP contribution in [0, 0.1) is 0 Å². The first-order valence-corrected chi connectivity index (χ1v) is 16.5. The van der Waals surface area contributed by atoms with Crippen LogP contribution in [0.4, 0.5) is 11.4 Å². The maximum atomic E-state index is 8.52. The number of nitrogens with zero attached hydrogens (tertiary/aromatic N) is 11. The van der Waals surface area contributed by atoms with E-state index in [2.05, 4.69) is 83.2 Å². The fourth-order valence-corrected chi connectivity index (χ4v) is 6.52. The Morgan fingerprint density at radius 1 is 0.727 bits per heavy atom. The van der Waals surface area contributed by atoms with Crippen LogP contribution in [0.15, 0.2) is 42.0 Å². The zero-order chi connectivity index (χ0) is 30.2. The molecule has 4 fully saturated rings. The highest BCUT2D eigenvalue weighted by molar-refractivity contribution is 6.16. The smallest absolute Gasteiger partial charge is 0.160 e. The molecule has 0 atom stereocenters. The standard InChI is InChI=1S/C16H21ClN4.C16H21N7/c1-19-4-6-20(7-5-19)15-8-13(12-2-3-12)10-21-11-14(9-17)18-16(15)21;1-21-4-6-22(7-5-21)15-8-13(12-2-3-12)10-23-11-14(9-18-20-17)19-16(15)23/h8,10-12H,2-7,9H2,1H3;8,10-12H,2-7,9H2,1H3. The van der Waals surface area contributed by atoms with Crippen molar-refractivity contribution in [2.45, 2.75) is 49.9 Å². The maximum absolute atomic E-state index is 8.52. The highest BCUT2D eigenvalue weighted by Crippen LogP contribution is 2.43. The van der Waals surface area contributed by atoms with Gasteiger partial charge in [-0.1, -0.05) is 5.11 Å². The van der Waals surface area contributed by atoms with Gasteiger partial charge < -0.3 is 28.4 Å². The minimum Gasteiger partial charge on any atom is -0.366 e. The van der Waals surface area contributed by atoms with Gasteiger partial charge in [-0.05, 0) is 80.4 Å². The summed E-state index contributed by atoms with van der Waals surface area (Å²) in [6, 6.07) is 4.69. The second-order valence-electron chi connectivity index (χ2n) is 12.9. The Morgan fingerprint density at radius 2 is 1.18 bits per heavy atom. The highest BCUT2D eigenvalue weighted by Gasteiger charge is 2.28. The minimum absolute atomic E-state index is 0.305. The van der Waals surface area contributed by atoms with Crippen molar-refractivity contribution in [3.63, 3.8) is 0 Å². The number of fused-ring (bicyclic) bond motifs is 2. The number of alkyl halides is 1. The average Bonchev–Trinajstić information content (AvgIpc) is 3.98. The molecule has 0 radical (unpaired) electrons. The zero-order valence-corrected chi connectivity index (χ0v) is 26.6. The third kappa shape index (κ3) is 6.33. The van der Waals surface area contributed by atoms with E-state index in [0.29, 0.717) is 18.3 Å². The average molecular weight is 616 g/mol. The molecule has 2 saturated heterocycles. The molecule has 0 unspecified atom stereocenters. The molecule has 4 aliphatic rings. The molecule has 2 saturated carbocycles. The number of imidazole rings is 2. The first-order chi connectivity index (χ1) is 21.5. The van der Waals surface area contributed by atoms with Crippen LogP contribution in [0.25, 0.3) is 21.7 Å². The lowest BCUT2D eigenvalue weighted by atomic mass is 10.1. The van der Waals surface area contributed by atoms with Crippen molar-refractivity contribution in [1.29, 1.82) is 0 Å². The first-order valence-electron chi connectivity index (χ1n) is 16.0. The van der Waals surface area contributed by atoms with Gasteiger partial charge in [0.05, 0.1) is 35.2 Å². The predicted molar refractivity (Wildman–Crippen MR) is 176 cm³/mol. The topological polar surface area (TPSA) is 96.3 Å². The fourth-order valence-electron chi connectivity index (χ4n) is 6.39. The number of anilines is 2. The van der Waals surface area contributed by atoms with Crippen LogP contribution in [0.5, 0.6) is 0 Å². The molecule has 0 aromatic carbocycles. The van der Waals surface area contributed by atoms with E-state index in [1.54, 1.807) is 0 Å². The third-order valence-electron chi connectivity index (χ3n) is 9.42. The lowest BCUT2D eigenvalue weighted by Gasteiger charge is -2.34. The van der Waals surface area contributed by atoms with Crippen molar-refractivity contribution >= 4 is 34.3 Å². The van der Waals surface area contributed by atoms with Crippen LogP contribution in [-0.2, 0) is 12.4 Å². The molecule has 0 spiro atoms. The molecule has 8 rings (SSSR count). The number of pyridine rings is 2. The van der Waals surface area contributed by atoms with Crippen molar-refractivity contribution in [2.24, 2.45) is 5.11 Å². The van der Waals surface area contributed by atoms with E-state index < -0.39 is 0 Å². The maximum Gasteiger partial charge on any atom is 0.160 e. The summed E-state index contributed by atoms with van der Waals surface area (Å²) in [7, 11) is 4.36. The number of azide groups is 1. The number of halogens is 1. The molecule has 0 amide bonds. The molecule has 2 aliphatic carbocycles. The van der Waals surface area contributed by atoms with Gasteiger partial charge in [0.2, 0.25) is 0 Å². The summed E-state index contributed by atoms with van der Waals surface area (Å²) in [6.07, 6.45) is 13.7. The van der Waals surface area contributed by atoms with Gasteiger partial charge in [0.25, 0.3) is 0 Å². The zero-order valence-electron chi connectivity index (χ0n) is 25.8. The van der Waals surface area contributed by atoms with Gasteiger partial charge in [0, 0.05) is 82.1 Å². The number of hydrogen-bond donors (Lipinski definition) is 0. The molecular formula is C32H42ClN11. The van der Waals surface area contributed by atoms with E-state index in [-0.39, 0.29) is 0 Å². The Hall–Kier alpha value is -3.50. The molecule has 4 aromatic rings. The molecule has 44 heavy (non-hydrogen) atoms. The monoisotopic (exact) mass is 615 g/mol. The number of piperazine rings is 2. The lowest BCUT2D eigenvalue weighted by Crippen LogP contribution is -2.44. The van der Waals surface area contributed by atoms with Crippen molar-refractivity contribution < 1.29 is 0 Å². The van der Waals surface area contributed by atoms with E-state index in [1.807, 2.05) is 6.20 Å². The van der Waals surface area contributed by atoms with E-state index in [1.165, 1.54) is 48.2 Å². The highest BCUT2D eigenvalue weighted by atomic mass is 35.5. The van der Waals surface area contributed by atoms with Crippen LogP contribution in [0.2, 0.25) is 0 Å². The van der Waals surface area contributed by atoms with Crippen molar-refractivity contribution in [3.8, 4) is 0 Å². The summed E-state index contributed by atoms with van der Waals surface area (Å²) < 4.78 is 4.29. The Morgan fingerprint density at radius 3 is 1.61 bits per heavy atom. The summed E-state index contributed by atoms with van der Waals surface area (Å²) in [4.78, 5) is 21.9. The molecule has 2 aliphatic heterocycles. The third-order valence-corrected chi connectivity index (χ3v) is 9.70. The number of likely N-dealkylation sites (N-methyl/N-ethyl adjacent to an activating group) is 2. The number of rotatable bonds is 7. The number of hydrogen-bond acceptors (Lipinski definition) is 7. The van der Waals surface area contributed by atoms with Crippen LogP contribution in [0.1, 0.15) is 60.0 Å². The Balaban J connectivity index is 0.000000143. The quantitative estimate of drug-likeness (QED) is 0.118. The van der Waals surface area contributed by atoms with Gasteiger partial charge in [-0.15, -0.1) is 11.6 Å². The van der Waals surface area contributed by atoms with Crippen molar-refractivity contribution in [3.05, 3.63) is 69.9 Å².